The van der Waals surface area contributed by atoms with E-state index in [9.17, 15) is 0 Å². The quantitative estimate of drug-likeness (QED) is 0.234. The Morgan fingerprint density at radius 3 is 2.14 bits per heavy atom. The zero-order valence-corrected chi connectivity index (χ0v) is 22.6. The fourth-order valence-electron chi connectivity index (χ4n) is 6.04. The van der Waals surface area contributed by atoms with Crippen LogP contribution >= 0.6 is 0 Å². The summed E-state index contributed by atoms with van der Waals surface area (Å²) >= 11 is 0. The number of benzene rings is 6. The summed E-state index contributed by atoms with van der Waals surface area (Å²) in [4.78, 5) is 2.26. The van der Waals surface area contributed by atoms with E-state index in [1.807, 2.05) is 36.4 Å². The highest BCUT2D eigenvalue weighted by atomic mass is 16.3. The minimum absolute atomic E-state index is 0.244. The molecule has 2 N–H and O–H groups in total. The molecule has 8 rings (SSSR count). The van der Waals surface area contributed by atoms with Crippen molar-refractivity contribution >= 4 is 67.3 Å². The predicted octanol–water partition coefficient (Wildman–Crippen LogP) is 10.3. The first kappa shape index (κ1) is 24.1. The molecule has 7 aromatic rings. The normalized spacial score (nSPS) is 12.8. The third-order valence-electron chi connectivity index (χ3n) is 8.07. The van der Waals surface area contributed by atoms with Crippen molar-refractivity contribution in [3.8, 4) is 11.1 Å². The molecule has 0 amide bonds. The second-order valence-corrected chi connectivity index (χ2v) is 10.6. The van der Waals surface area contributed by atoms with Crippen LogP contribution in [0, 0.1) is 10.8 Å². The largest absolute Gasteiger partial charge is 0.456 e. The standard InChI is InChI=1S/C38H25N3O/c39-34-20-16-24-13-14-27-21-26(15-18-31(27)37(24)38(34)40)25-7-6-10-29(22-25)41(28-8-2-1-3-9-28)30-17-19-33-32-11-4-5-12-35(32)42-36(33)23-30/h1-23,39-40H. The maximum absolute atomic E-state index is 8.51. The van der Waals surface area contributed by atoms with Crippen LogP contribution in [0.2, 0.25) is 0 Å². The second-order valence-electron chi connectivity index (χ2n) is 10.6. The molecule has 0 unspecified atom stereocenters. The Bertz CT molecular complexity index is 2240. The van der Waals surface area contributed by atoms with Crippen LogP contribution < -0.4 is 4.90 Å². The van der Waals surface area contributed by atoms with Gasteiger partial charge in [-0.2, -0.15) is 0 Å². The third-order valence-corrected chi connectivity index (χ3v) is 8.07. The van der Waals surface area contributed by atoms with Gasteiger partial charge in [0.1, 0.15) is 11.2 Å². The maximum atomic E-state index is 8.51. The number of fused-ring (bicyclic) bond motifs is 6. The van der Waals surface area contributed by atoms with Crippen LogP contribution in [0.3, 0.4) is 0 Å². The molecule has 0 radical (unpaired) electrons. The van der Waals surface area contributed by atoms with E-state index in [1.54, 1.807) is 6.08 Å². The summed E-state index contributed by atoms with van der Waals surface area (Å²) in [6, 6.07) is 44.1. The molecule has 0 spiro atoms. The summed E-state index contributed by atoms with van der Waals surface area (Å²) in [6.45, 7) is 0. The number of rotatable bonds is 4. The van der Waals surface area contributed by atoms with Crippen molar-refractivity contribution in [3.05, 3.63) is 145 Å². The number of allylic oxidation sites excluding steroid dienone is 1. The van der Waals surface area contributed by atoms with E-state index in [0.717, 1.165) is 72.0 Å². The van der Waals surface area contributed by atoms with Crippen LogP contribution in [0.4, 0.5) is 17.1 Å². The van der Waals surface area contributed by atoms with E-state index in [2.05, 4.69) is 102 Å². The van der Waals surface area contributed by atoms with Gasteiger partial charge in [0, 0.05) is 39.5 Å². The molecule has 0 saturated heterocycles. The van der Waals surface area contributed by atoms with E-state index in [1.165, 1.54) is 0 Å². The number of anilines is 3. The number of para-hydroxylation sites is 2. The maximum Gasteiger partial charge on any atom is 0.137 e. The van der Waals surface area contributed by atoms with Gasteiger partial charge in [-0.05, 0) is 82.1 Å². The summed E-state index contributed by atoms with van der Waals surface area (Å²) in [7, 11) is 0. The smallest absolute Gasteiger partial charge is 0.137 e. The Kier molecular flexibility index (Phi) is 5.41. The highest BCUT2D eigenvalue weighted by Crippen LogP contribution is 2.40. The molecule has 198 valence electrons. The average molecular weight is 540 g/mol. The molecule has 4 heteroatoms. The third kappa shape index (κ3) is 3.85. The molecule has 0 saturated carbocycles. The van der Waals surface area contributed by atoms with Crippen molar-refractivity contribution in [2.75, 3.05) is 4.90 Å². The zero-order valence-electron chi connectivity index (χ0n) is 22.6. The van der Waals surface area contributed by atoms with E-state index in [-0.39, 0.29) is 11.4 Å². The number of nitrogens with one attached hydrogen (secondary N) is 2. The number of hydrogen-bond acceptors (Lipinski definition) is 4. The Hall–Kier alpha value is -5.74. The topological polar surface area (TPSA) is 64.1 Å². The summed E-state index contributed by atoms with van der Waals surface area (Å²) in [5.41, 5.74) is 9.39. The Balaban J connectivity index is 1.25. The molecule has 0 bridgehead atoms. The van der Waals surface area contributed by atoms with Crippen LogP contribution in [0.5, 0.6) is 0 Å². The first-order valence-electron chi connectivity index (χ1n) is 13.9. The lowest BCUT2D eigenvalue weighted by atomic mass is 9.88. The second kappa shape index (κ2) is 9.43. The molecule has 6 aromatic carbocycles. The van der Waals surface area contributed by atoms with Gasteiger partial charge in [0.05, 0.1) is 11.4 Å². The molecule has 0 atom stereocenters. The zero-order chi connectivity index (χ0) is 28.2. The van der Waals surface area contributed by atoms with Crippen LogP contribution in [0.1, 0.15) is 11.1 Å². The van der Waals surface area contributed by atoms with Gasteiger partial charge in [0.15, 0.2) is 0 Å². The molecular formula is C38H25N3O. The average Bonchev–Trinajstić information content (AvgIpc) is 3.41. The van der Waals surface area contributed by atoms with Crippen molar-refractivity contribution in [1.82, 2.24) is 0 Å². The molecular weight excluding hydrogens is 514 g/mol. The van der Waals surface area contributed by atoms with Crippen molar-refractivity contribution in [2.24, 2.45) is 0 Å². The van der Waals surface area contributed by atoms with E-state index >= 15 is 0 Å². The molecule has 0 fully saturated rings. The molecule has 1 heterocycles. The predicted molar refractivity (Wildman–Crippen MR) is 175 cm³/mol. The van der Waals surface area contributed by atoms with Gasteiger partial charge in [-0.3, -0.25) is 10.8 Å². The monoisotopic (exact) mass is 539 g/mol. The SMILES string of the molecule is N=C1C=Cc2ccc3cc(-c4cccc(N(c5ccccc5)c5ccc6c(c5)oc5ccccc56)c4)ccc3c2C1=N. The molecule has 0 aliphatic heterocycles. The molecule has 1 aliphatic carbocycles. The summed E-state index contributed by atoms with van der Waals surface area (Å²) < 4.78 is 6.24. The fraction of sp³-hybridized carbons (Fsp3) is 0. The van der Waals surface area contributed by atoms with Crippen LogP contribution in [0.25, 0.3) is 49.9 Å². The Morgan fingerprint density at radius 1 is 0.500 bits per heavy atom. The summed E-state index contributed by atoms with van der Waals surface area (Å²) in [5, 5.41) is 20.9. The van der Waals surface area contributed by atoms with Crippen LogP contribution in [0.15, 0.2) is 138 Å². The number of hydrogen-bond donors (Lipinski definition) is 2. The van der Waals surface area contributed by atoms with E-state index in [4.69, 9.17) is 15.2 Å². The van der Waals surface area contributed by atoms with Gasteiger partial charge in [0.2, 0.25) is 0 Å². The molecule has 42 heavy (non-hydrogen) atoms. The summed E-state index contributed by atoms with van der Waals surface area (Å²) in [6.07, 6.45) is 3.62. The van der Waals surface area contributed by atoms with Gasteiger partial charge in [-0.1, -0.05) is 78.9 Å². The number of nitrogens with zero attached hydrogens (tertiary/aromatic N) is 1. The van der Waals surface area contributed by atoms with Gasteiger partial charge < -0.3 is 9.32 Å². The summed E-state index contributed by atoms with van der Waals surface area (Å²) in [5.74, 6) is 0. The van der Waals surface area contributed by atoms with Gasteiger partial charge in [-0.25, -0.2) is 0 Å². The molecule has 1 aliphatic rings. The first-order chi connectivity index (χ1) is 20.6. The fourth-order valence-corrected chi connectivity index (χ4v) is 6.04. The highest BCUT2D eigenvalue weighted by molar-refractivity contribution is 6.53. The Morgan fingerprint density at radius 2 is 1.24 bits per heavy atom. The van der Waals surface area contributed by atoms with Crippen molar-refractivity contribution < 1.29 is 4.42 Å². The molecule has 4 nitrogen and oxygen atoms in total. The first-order valence-corrected chi connectivity index (χ1v) is 13.9. The lowest BCUT2D eigenvalue weighted by Crippen LogP contribution is -2.16. The van der Waals surface area contributed by atoms with Gasteiger partial charge in [-0.15, -0.1) is 0 Å². The van der Waals surface area contributed by atoms with Crippen LogP contribution in [-0.2, 0) is 0 Å². The lowest BCUT2D eigenvalue weighted by molar-refractivity contribution is 0.669. The van der Waals surface area contributed by atoms with Gasteiger partial charge >= 0.3 is 0 Å². The van der Waals surface area contributed by atoms with E-state index < -0.39 is 0 Å². The van der Waals surface area contributed by atoms with E-state index in [0.29, 0.717) is 0 Å². The molecule has 1 aromatic heterocycles. The van der Waals surface area contributed by atoms with Crippen molar-refractivity contribution in [1.29, 1.82) is 10.8 Å². The Labute approximate surface area is 242 Å². The minimum Gasteiger partial charge on any atom is -0.456 e. The van der Waals surface area contributed by atoms with Crippen molar-refractivity contribution in [2.45, 2.75) is 0 Å². The minimum atomic E-state index is 0.244. The number of furan rings is 1. The lowest BCUT2D eigenvalue weighted by Gasteiger charge is -2.26. The van der Waals surface area contributed by atoms with Gasteiger partial charge in [0.25, 0.3) is 0 Å². The highest BCUT2D eigenvalue weighted by Gasteiger charge is 2.19. The van der Waals surface area contributed by atoms with Crippen molar-refractivity contribution in [3.63, 3.8) is 0 Å². The van der Waals surface area contributed by atoms with Crippen LogP contribution in [-0.4, -0.2) is 11.4 Å².